The van der Waals surface area contributed by atoms with Gasteiger partial charge in [0.05, 0.1) is 0 Å². The van der Waals surface area contributed by atoms with Gasteiger partial charge in [-0.05, 0) is 44.5 Å². The molecule has 19 heavy (non-hydrogen) atoms. The molecule has 1 aromatic carbocycles. The zero-order chi connectivity index (χ0) is 14.3. The molecule has 0 saturated heterocycles. The van der Waals surface area contributed by atoms with Gasteiger partial charge in [0.15, 0.2) is 0 Å². The van der Waals surface area contributed by atoms with E-state index < -0.39 is 0 Å². The molecule has 0 aliphatic carbocycles. The van der Waals surface area contributed by atoms with Crippen molar-refractivity contribution in [2.45, 2.75) is 32.4 Å². The van der Waals surface area contributed by atoms with Crippen LogP contribution in [0.25, 0.3) is 0 Å². The summed E-state index contributed by atoms with van der Waals surface area (Å²) in [5.41, 5.74) is 0. The first-order chi connectivity index (χ1) is 9.08. The fraction of sp³-hybridized carbons (Fsp3) is 0.600. The van der Waals surface area contributed by atoms with Crippen molar-refractivity contribution >= 4 is 11.6 Å². The number of benzene rings is 1. The molecule has 0 aliphatic heterocycles. The van der Waals surface area contributed by atoms with E-state index in [9.17, 15) is 0 Å². The van der Waals surface area contributed by atoms with Crippen LogP contribution in [0.15, 0.2) is 24.3 Å². The van der Waals surface area contributed by atoms with Crippen molar-refractivity contribution in [2.75, 3.05) is 20.8 Å². The Morgan fingerprint density at radius 1 is 1.32 bits per heavy atom. The Kier molecular flexibility index (Phi) is 7.21. The number of halogens is 1. The van der Waals surface area contributed by atoms with E-state index >= 15 is 0 Å². The Balaban J connectivity index is 2.60. The van der Waals surface area contributed by atoms with E-state index in [1.165, 1.54) is 0 Å². The molecule has 0 heterocycles. The number of methoxy groups -OCH3 is 1. The van der Waals surface area contributed by atoms with Crippen LogP contribution in [0, 0.1) is 5.92 Å². The van der Waals surface area contributed by atoms with Crippen LogP contribution >= 0.6 is 11.6 Å². The Morgan fingerprint density at radius 2 is 2.05 bits per heavy atom. The molecule has 3 nitrogen and oxygen atoms in total. The van der Waals surface area contributed by atoms with Gasteiger partial charge in [-0.25, -0.2) is 0 Å². The van der Waals surface area contributed by atoms with E-state index in [2.05, 4.69) is 19.2 Å². The SMILES string of the molecule is CNC(C(C)CCOC)C(C)Oc1cccc(Cl)c1. The molecule has 4 heteroatoms. The third kappa shape index (κ3) is 5.39. The minimum absolute atomic E-state index is 0.0651. The van der Waals surface area contributed by atoms with Crippen LogP contribution in [-0.4, -0.2) is 32.9 Å². The molecule has 1 aromatic rings. The summed E-state index contributed by atoms with van der Waals surface area (Å²) in [7, 11) is 3.69. The summed E-state index contributed by atoms with van der Waals surface area (Å²) in [5, 5.41) is 4.02. The molecule has 1 rings (SSSR count). The molecule has 0 bridgehead atoms. The fourth-order valence-electron chi connectivity index (χ4n) is 2.29. The molecular formula is C15H24ClNO2. The van der Waals surface area contributed by atoms with Gasteiger partial charge in [-0.2, -0.15) is 0 Å². The quantitative estimate of drug-likeness (QED) is 0.794. The summed E-state index contributed by atoms with van der Waals surface area (Å²) in [6, 6.07) is 7.77. The molecule has 0 fully saturated rings. The Bertz CT molecular complexity index is 373. The van der Waals surface area contributed by atoms with Crippen LogP contribution in [0.2, 0.25) is 5.02 Å². The van der Waals surface area contributed by atoms with E-state index in [4.69, 9.17) is 21.1 Å². The summed E-state index contributed by atoms with van der Waals surface area (Å²) < 4.78 is 11.1. The standard InChI is InChI=1S/C15H24ClNO2/c1-11(8-9-18-4)15(17-3)12(2)19-14-7-5-6-13(16)10-14/h5-7,10-12,15,17H,8-9H2,1-4H3. The molecule has 0 aromatic heterocycles. The monoisotopic (exact) mass is 285 g/mol. The van der Waals surface area contributed by atoms with E-state index in [-0.39, 0.29) is 12.1 Å². The largest absolute Gasteiger partial charge is 0.489 e. The molecule has 0 aliphatic rings. The lowest BCUT2D eigenvalue weighted by Crippen LogP contribution is -2.44. The molecule has 3 unspecified atom stereocenters. The second-order valence-corrected chi connectivity index (χ2v) is 5.29. The maximum Gasteiger partial charge on any atom is 0.121 e. The lowest BCUT2D eigenvalue weighted by Gasteiger charge is -2.29. The van der Waals surface area contributed by atoms with E-state index in [0.29, 0.717) is 10.9 Å². The summed E-state index contributed by atoms with van der Waals surface area (Å²) >= 11 is 5.96. The highest BCUT2D eigenvalue weighted by molar-refractivity contribution is 6.30. The first-order valence-corrected chi connectivity index (χ1v) is 7.04. The molecule has 0 amide bonds. The molecule has 0 spiro atoms. The fourth-order valence-corrected chi connectivity index (χ4v) is 2.47. The average molecular weight is 286 g/mol. The summed E-state index contributed by atoms with van der Waals surface area (Å²) in [4.78, 5) is 0. The van der Waals surface area contributed by atoms with Gasteiger partial charge in [0, 0.05) is 24.8 Å². The van der Waals surface area contributed by atoms with Crippen molar-refractivity contribution in [1.82, 2.24) is 5.32 Å². The Hall–Kier alpha value is -0.770. The van der Waals surface area contributed by atoms with E-state index in [1.54, 1.807) is 7.11 Å². The molecule has 0 saturated carbocycles. The van der Waals surface area contributed by atoms with Crippen LogP contribution in [0.3, 0.4) is 0 Å². The zero-order valence-electron chi connectivity index (χ0n) is 12.2. The first-order valence-electron chi connectivity index (χ1n) is 6.67. The lowest BCUT2D eigenvalue weighted by atomic mass is 9.94. The smallest absolute Gasteiger partial charge is 0.121 e. The van der Waals surface area contributed by atoms with Crippen LogP contribution in [-0.2, 0) is 4.74 Å². The highest BCUT2D eigenvalue weighted by Crippen LogP contribution is 2.21. The second kappa shape index (κ2) is 8.41. The number of ether oxygens (including phenoxy) is 2. The normalized spacial score (nSPS) is 15.8. The predicted molar refractivity (Wildman–Crippen MR) is 80.0 cm³/mol. The highest BCUT2D eigenvalue weighted by Gasteiger charge is 2.23. The maximum atomic E-state index is 5.96. The summed E-state index contributed by atoms with van der Waals surface area (Å²) in [6.45, 7) is 5.05. The maximum absolute atomic E-state index is 5.96. The first kappa shape index (κ1) is 16.3. The van der Waals surface area contributed by atoms with Gasteiger partial charge in [-0.3, -0.25) is 0 Å². The number of likely N-dealkylation sites (N-methyl/N-ethyl adjacent to an activating group) is 1. The minimum atomic E-state index is 0.0651. The van der Waals surface area contributed by atoms with Gasteiger partial charge in [0.25, 0.3) is 0 Å². The van der Waals surface area contributed by atoms with Crippen molar-refractivity contribution in [3.05, 3.63) is 29.3 Å². The van der Waals surface area contributed by atoms with Crippen molar-refractivity contribution in [2.24, 2.45) is 5.92 Å². The van der Waals surface area contributed by atoms with Gasteiger partial charge in [0.2, 0.25) is 0 Å². The number of hydrogen-bond acceptors (Lipinski definition) is 3. The van der Waals surface area contributed by atoms with Crippen molar-refractivity contribution in [1.29, 1.82) is 0 Å². The second-order valence-electron chi connectivity index (χ2n) is 4.85. The van der Waals surface area contributed by atoms with Crippen molar-refractivity contribution < 1.29 is 9.47 Å². The van der Waals surface area contributed by atoms with Crippen molar-refractivity contribution in [3.63, 3.8) is 0 Å². The van der Waals surface area contributed by atoms with Gasteiger partial charge >= 0.3 is 0 Å². The van der Waals surface area contributed by atoms with E-state index in [0.717, 1.165) is 18.8 Å². The van der Waals surface area contributed by atoms with Gasteiger partial charge < -0.3 is 14.8 Å². The minimum Gasteiger partial charge on any atom is -0.489 e. The van der Waals surface area contributed by atoms with Gasteiger partial charge in [-0.1, -0.05) is 24.6 Å². The lowest BCUT2D eigenvalue weighted by molar-refractivity contribution is 0.119. The van der Waals surface area contributed by atoms with Gasteiger partial charge in [0.1, 0.15) is 11.9 Å². The van der Waals surface area contributed by atoms with Crippen LogP contribution in [0.5, 0.6) is 5.75 Å². The zero-order valence-corrected chi connectivity index (χ0v) is 12.9. The van der Waals surface area contributed by atoms with Crippen LogP contribution in [0.4, 0.5) is 0 Å². The van der Waals surface area contributed by atoms with E-state index in [1.807, 2.05) is 31.3 Å². The number of hydrogen-bond donors (Lipinski definition) is 1. The highest BCUT2D eigenvalue weighted by atomic mass is 35.5. The van der Waals surface area contributed by atoms with Crippen LogP contribution < -0.4 is 10.1 Å². The third-order valence-electron chi connectivity index (χ3n) is 3.35. The summed E-state index contributed by atoms with van der Waals surface area (Å²) in [5.74, 6) is 1.28. The third-order valence-corrected chi connectivity index (χ3v) is 3.58. The summed E-state index contributed by atoms with van der Waals surface area (Å²) in [6.07, 6.45) is 1.07. The molecule has 3 atom stereocenters. The Morgan fingerprint density at radius 3 is 2.63 bits per heavy atom. The number of rotatable bonds is 8. The molecule has 1 N–H and O–H groups in total. The molecule has 0 radical (unpaired) electrons. The van der Waals surface area contributed by atoms with Crippen molar-refractivity contribution in [3.8, 4) is 5.75 Å². The van der Waals surface area contributed by atoms with Gasteiger partial charge in [-0.15, -0.1) is 0 Å². The predicted octanol–water partition coefficient (Wildman–Crippen LogP) is 3.37. The number of nitrogens with one attached hydrogen (secondary N) is 1. The molecular weight excluding hydrogens is 262 g/mol. The Labute approximate surface area is 121 Å². The molecule has 108 valence electrons. The topological polar surface area (TPSA) is 30.5 Å². The average Bonchev–Trinajstić information content (AvgIpc) is 2.37. The van der Waals surface area contributed by atoms with Crippen LogP contribution in [0.1, 0.15) is 20.3 Å².